The number of hydrogen-bond acceptors (Lipinski definition) is 10. The average molecular weight is 353 g/mol. The normalized spacial score (nSPS) is 27.5. The van der Waals surface area contributed by atoms with E-state index >= 15 is 0 Å². The summed E-state index contributed by atoms with van der Waals surface area (Å²) in [5.74, 6) is -0.495. The summed E-state index contributed by atoms with van der Waals surface area (Å²) in [7, 11) is 0. The van der Waals surface area contributed by atoms with E-state index in [4.69, 9.17) is 21.3 Å². The van der Waals surface area contributed by atoms with Gasteiger partial charge in [-0.1, -0.05) is 0 Å². The summed E-state index contributed by atoms with van der Waals surface area (Å²) in [4.78, 5) is 23.9. The number of rotatable bonds is 5. The lowest BCUT2D eigenvalue weighted by Gasteiger charge is -2.22. The van der Waals surface area contributed by atoms with E-state index < -0.39 is 49.6 Å². The van der Waals surface area contributed by atoms with Crippen LogP contribution in [0.2, 0.25) is 0 Å². The van der Waals surface area contributed by atoms with Gasteiger partial charge in [0.15, 0.2) is 17.7 Å². The van der Waals surface area contributed by atoms with E-state index in [1.54, 1.807) is 0 Å². The Morgan fingerprint density at radius 1 is 1.40 bits per heavy atom. The summed E-state index contributed by atoms with van der Waals surface area (Å²) in [5, 5.41) is 31.5. The number of anilines is 1. The standard InChI is InChI=1S/C13H19N7O5/c14-5(1-21)12(24)19-7-6(2-22)25-13(9(7)23)20-4-18-8-10(15)16-3-17-11(8)20/h3-7,9,13,21-23H,1-2,14H2,(H,19,24)(H2,15,16,17)/t5-,6+,7+,9+,13+/m0/s1. The van der Waals surface area contributed by atoms with Crippen molar-refractivity contribution in [2.24, 2.45) is 5.73 Å². The lowest BCUT2D eigenvalue weighted by Crippen LogP contribution is -2.54. The molecular weight excluding hydrogens is 334 g/mol. The third kappa shape index (κ3) is 3.01. The maximum absolute atomic E-state index is 11.9. The van der Waals surface area contributed by atoms with E-state index in [-0.39, 0.29) is 5.82 Å². The molecule has 136 valence electrons. The number of aliphatic hydroxyl groups is 3. The Morgan fingerprint density at radius 3 is 2.84 bits per heavy atom. The Hall–Kier alpha value is -2.38. The minimum Gasteiger partial charge on any atom is -0.394 e. The van der Waals surface area contributed by atoms with E-state index in [0.717, 1.165) is 0 Å². The first-order valence-electron chi connectivity index (χ1n) is 7.52. The Labute approximate surface area is 141 Å². The number of nitrogens with one attached hydrogen (secondary N) is 1. The van der Waals surface area contributed by atoms with Crippen LogP contribution in [-0.4, -0.2) is 78.3 Å². The lowest BCUT2D eigenvalue weighted by molar-refractivity contribution is -0.125. The number of aliphatic hydroxyl groups excluding tert-OH is 3. The largest absolute Gasteiger partial charge is 0.394 e. The van der Waals surface area contributed by atoms with Crippen molar-refractivity contribution in [3.05, 3.63) is 12.7 Å². The van der Waals surface area contributed by atoms with Gasteiger partial charge in [-0.05, 0) is 0 Å². The molecule has 0 aliphatic carbocycles. The van der Waals surface area contributed by atoms with Crippen LogP contribution in [0.5, 0.6) is 0 Å². The number of carbonyl (C=O) groups is 1. The first-order valence-corrected chi connectivity index (χ1v) is 7.52. The molecule has 1 fully saturated rings. The summed E-state index contributed by atoms with van der Waals surface area (Å²) in [6.07, 6.45) is -0.443. The molecule has 3 rings (SSSR count). The number of nitrogens with two attached hydrogens (primary N) is 2. The van der Waals surface area contributed by atoms with Gasteiger partial charge >= 0.3 is 0 Å². The van der Waals surface area contributed by atoms with Crippen molar-refractivity contribution in [2.75, 3.05) is 18.9 Å². The lowest BCUT2D eigenvalue weighted by atomic mass is 10.1. The minimum atomic E-state index is -1.22. The van der Waals surface area contributed by atoms with Crippen molar-refractivity contribution in [1.82, 2.24) is 24.8 Å². The molecule has 1 saturated heterocycles. The number of amides is 1. The Morgan fingerprint density at radius 2 is 2.16 bits per heavy atom. The topological polar surface area (TPSA) is 195 Å². The fraction of sp³-hybridized carbons (Fsp3) is 0.538. The molecule has 0 aromatic carbocycles. The summed E-state index contributed by atoms with van der Waals surface area (Å²) in [6, 6.07) is -2.08. The van der Waals surface area contributed by atoms with Gasteiger partial charge in [0.25, 0.3) is 0 Å². The number of aromatic nitrogens is 4. The van der Waals surface area contributed by atoms with Gasteiger partial charge in [-0.15, -0.1) is 0 Å². The Bertz CT molecular complexity index is 768. The van der Waals surface area contributed by atoms with E-state index in [0.29, 0.717) is 11.2 Å². The Balaban J connectivity index is 1.88. The molecule has 0 bridgehead atoms. The van der Waals surface area contributed by atoms with Gasteiger partial charge in [0.05, 0.1) is 25.6 Å². The third-order valence-corrected chi connectivity index (χ3v) is 4.06. The van der Waals surface area contributed by atoms with E-state index in [1.807, 2.05) is 0 Å². The van der Waals surface area contributed by atoms with Crippen LogP contribution in [0.3, 0.4) is 0 Å². The fourth-order valence-electron chi connectivity index (χ4n) is 2.72. The van der Waals surface area contributed by atoms with Crippen LogP contribution in [0.25, 0.3) is 11.2 Å². The highest BCUT2D eigenvalue weighted by atomic mass is 16.5. The quantitative estimate of drug-likeness (QED) is 0.313. The van der Waals surface area contributed by atoms with Crippen molar-refractivity contribution >= 4 is 22.9 Å². The van der Waals surface area contributed by atoms with Gasteiger partial charge in [0.1, 0.15) is 30.1 Å². The predicted octanol–water partition coefficient (Wildman–Crippen LogP) is -3.54. The number of imidazole rings is 1. The van der Waals surface area contributed by atoms with Crippen LogP contribution in [0.4, 0.5) is 5.82 Å². The molecule has 1 aliphatic heterocycles. The van der Waals surface area contributed by atoms with E-state index in [2.05, 4.69) is 20.3 Å². The summed E-state index contributed by atoms with van der Waals surface area (Å²) in [5.41, 5.74) is 11.9. The molecule has 0 spiro atoms. The third-order valence-electron chi connectivity index (χ3n) is 4.06. The van der Waals surface area contributed by atoms with Crippen molar-refractivity contribution < 1.29 is 24.9 Å². The van der Waals surface area contributed by atoms with Gasteiger partial charge in [0, 0.05) is 0 Å². The predicted molar refractivity (Wildman–Crippen MR) is 83.7 cm³/mol. The Kier molecular flexibility index (Phi) is 4.78. The molecule has 12 heteroatoms. The average Bonchev–Trinajstić information content (AvgIpc) is 3.17. The molecule has 25 heavy (non-hydrogen) atoms. The van der Waals surface area contributed by atoms with Crippen LogP contribution in [0.1, 0.15) is 6.23 Å². The van der Waals surface area contributed by atoms with Crippen molar-refractivity contribution in [2.45, 2.75) is 30.5 Å². The van der Waals surface area contributed by atoms with Crippen LogP contribution < -0.4 is 16.8 Å². The molecule has 0 radical (unpaired) electrons. The smallest absolute Gasteiger partial charge is 0.239 e. The highest BCUT2D eigenvalue weighted by Gasteiger charge is 2.46. The molecule has 3 heterocycles. The molecular formula is C13H19N7O5. The molecule has 2 aromatic heterocycles. The molecule has 5 atom stereocenters. The molecule has 12 nitrogen and oxygen atoms in total. The number of carbonyl (C=O) groups excluding carboxylic acids is 1. The SMILES string of the molecule is Nc1ncnc2c1ncn2[C@@H]1O[C@H](CO)[C@@H](NC(=O)[C@@H](N)CO)[C@H]1O. The molecule has 8 N–H and O–H groups in total. The maximum Gasteiger partial charge on any atom is 0.239 e. The zero-order valence-electron chi connectivity index (χ0n) is 13.1. The van der Waals surface area contributed by atoms with Crippen molar-refractivity contribution in [3.63, 3.8) is 0 Å². The van der Waals surface area contributed by atoms with Crippen molar-refractivity contribution in [3.8, 4) is 0 Å². The van der Waals surface area contributed by atoms with Gasteiger partial charge in [-0.3, -0.25) is 9.36 Å². The molecule has 1 aliphatic rings. The van der Waals surface area contributed by atoms with Crippen LogP contribution in [-0.2, 0) is 9.53 Å². The van der Waals surface area contributed by atoms with Gasteiger partial charge in [-0.2, -0.15) is 0 Å². The monoisotopic (exact) mass is 353 g/mol. The first kappa shape index (κ1) is 17.4. The molecule has 2 aromatic rings. The zero-order valence-corrected chi connectivity index (χ0v) is 13.1. The first-order chi connectivity index (χ1) is 12.0. The van der Waals surface area contributed by atoms with Crippen LogP contribution in [0, 0.1) is 0 Å². The van der Waals surface area contributed by atoms with Gasteiger partial charge in [0.2, 0.25) is 5.91 Å². The van der Waals surface area contributed by atoms with Crippen LogP contribution >= 0.6 is 0 Å². The number of nitrogen functional groups attached to an aromatic ring is 1. The van der Waals surface area contributed by atoms with Crippen LogP contribution in [0.15, 0.2) is 12.7 Å². The molecule has 0 unspecified atom stereocenters. The van der Waals surface area contributed by atoms with Gasteiger partial charge in [-0.25, -0.2) is 15.0 Å². The second-order valence-corrected chi connectivity index (χ2v) is 5.64. The fourth-order valence-corrected chi connectivity index (χ4v) is 2.72. The van der Waals surface area contributed by atoms with Crippen molar-refractivity contribution in [1.29, 1.82) is 0 Å². The number of fused-ring (bicyclic) bond motifs is 1. The molecule has 0 saturated carbocycles. The number of ether oxygens (including phenoxy) is 1. The second-order valence-electron chi connectivity index (χ2n) is 5.64. The zero-order chi connectivity index (χ0) is 18.1. The maximum atomic E-state index is 11.9. The minimum absolute atomic E-state index is 0.175. The van der Waals surface area contributed by atoms with Gasteiger partial charge < -0.3 is 36.8 Å². The number of hydrogen-bond donors (Lipinski definition) is 6. The number of nitrogens with zero attached hydrogens (tertiary/aromatic N) is 4. The summed E-state index contributed by atoms with van der Waals surface area (Å²) < 4.78 is 7.09. The second kappa shape index (κ2) is 6.85. The van der Waals surface area contributed by atoms with E-state index in [9.17, 15) is 15.0 Å². The summed E-state index contributed by atoms with van der Waals surface area (Å²) in [6.45, 7) is -0.998. The highest BCUT2D eigenvalue weighted by molar-refractivity contribution is 5.82. The summed E-state index contributed by atoms with van der Waals surface area (Å²) >= 11 is 0. The highest BCUT2D eigenvalue weighted by Crippen LogP contribution is 2.31. The van der Waals surface area contributed by atoms with E-state index in [1.165, 1.54) is 17.2 Å². The molecule has 1 amide bonds.